The average molecular weight is 564 g/mol. The summed E-state index contributed by atoms with van der Waals surface area (Å²) in [5, 5.41) is 0.117. The van der Waals surface area contributed by atoms with Crippen LogP contribution in [0.25, 0.3) is 16.9 Å². The number of hydrogen-bond donors (Lipinski definition) is 0. The molecule has 4 rings (SSSR count). The molecule has 3 aromatic rings. The number of pyridine rings is 2. The molecular weight excluding hydrogens is 533 g/mol. The van der Waals surface area contributed by atoms with Gasteiger partial charge in [0.1, 0.15) is 16.4 Å². The molecule has 10 nitrogen and oxygen atoms in total. The van der Waals surface area contributed by atoms with Crippen molar-refractivity contribution in [3.63, 3.8) is 0 Å². The smallest absolute Gasteiger partial charge is 0.410 e. The van der Waals surface area contributed by atoms with Crippen LogP contribution in [0.2, 0.25) is 10.2 Å². The predicted octanol–water partition coefficient (Wildman–Crippen LogP) is 4.32. The van der Waals surface area contributed by atoms with Crippen LogP contribution in [0.1, 0.15) is 51.8 Å². The van der Waals surface area contributed by atoms with Crippen molar-refractivity contribution in [1.82, 2.24) is 24.0 Å². The van der Waals surface area contributed by atoms with E-state index in [1.54, 1.807) is 33.0 Å². The number of amides is 1. The summed E-state index contributed by atoms with van der Waals surface area (Å²) in [4.78, 5) is 50.2. The summed E-state index contributed by atoms with van der Waals surface area (Å²) in [7, 11) is 1.50. The van der Waals surface area contributed by atoms with E-state index in [1.807, 2.05) is 20.8 Å². The first-order valence-electron chi connectivity index (χ1n) is 12.2. The molecule has 0 unspecified atom stereocenters. The lowest BCUT2D eigenvalue weighted by atomic mass is 9.94. The molecule has 3 aromatic heterocycles. The van der Waals surface area contributed by atoms with Crippen molar-refractivity contribution < 1.29 is 14.3 Å². The Kier molecular flexibility index (Phi) is 7.37. The number of methoxy groups -OCH3 is 1. The molecule has 204 valence electrons. The van der Waals surface area contributed by atoms with Gasteiger partial charge in [0.05, 0.1) is 41.6 Å². The van der Waals surface area contributed by atoms with E-state index in [1.165, 1.54) is 27.2 Å². The molecule has 0 atom stereocenters. The van der Waals surface area contributed by atoms with Gasteiger partial charge < -0.3 is 14.4 Å². The van der Waals surface area contributed by atoms with E-state index < -0.39 is 28.4 Å². The lowest BCUT2D eigenvalue weighted by Gasteiger charge is -2.48. The summed E-state index contributed by atoms with van der Waals surface area (Å²) >= 11 is 12.6. The van der Waals surface area contributed by atoms with Gasteiger partial charge in [0.25, 0.3) is 0 Å². The monoisotopic (exact) mass is 563 g/mol. The molecule has 0 aromatic carbocycles. The molecule has 0 radical (unpaired) electrons. The topological polar surface area (TPSA) is 109 Å². The molecule has 0 N–H and O–H groups in total. The van der Waals surface area contributed by atoms with Crippen LogP contribution in [0.15, 0.2) is 27.9 Å². The van der Waals surface area contributed by atoms with Gasteiger partial charge >= 0.3 is 17.2 Å². The average Bonchev–Trinajstić information content (AvgIpc) is 2.79. The number of nitrogens with zero attached hydrogens (tertiary/aromatic N) is 5. The third-order valence-electron chi connectivity index (χ3n) is 6.44. The molecule has 1 saturated heterocycles. The summed E-state index contributed by atoms with van der Waals surface area (Å²) in [5.41, 5.74) is -0.846. The second kappa shape index (κ2) is 9.98. The van der Waals surface area contributed by atoms with Gasteiger partial charge in [-0.25, -0.2) is 9.78 Å². The van der Waals surface area contributed by atoms with Crippen LogP contribution in [0.3, 0.4) is 0 Å². The van der Waals surface area contributed by atoms with Crippen molar-refractivity contribution in [1.29, 1.82) is 0 Å². The Morgan fingerprint density at radius 2 is 1.84 bits per heavy atom. The maximum absolute atomic E-state index is 13.7. The molecule has 0 bridgehead atoms. The number of ether oxygens (including phenoxy) is 2. The van der Waals surface area contributed by atoms with Crippen molar-refractivity contribution in [3.8, 4) is 5.69 Å². The van der Waals surface area contributed by atoms with E-state index in [0.717, 1.165) is 5.56 Å². The number of rotatable bonds is 5. The molecule has 1 fully saturated rings. The van der Waals surface area contributed by atoms with Crippen molar-refractivity contribution in [3.05, 3.63) is 60.5 Å². The molecule has 0 aliphatic carbocycles. The van der Waals surface area contributed by atoms with Gasteiger partial charge in [-0.2, -0.15) is 0 Å². The van der Waals surface area contributed by atoms with E-state index >= 15 is 0 Å². The van der Waals surface area contributed by atoms with E-state index in [9.17, 15) is 14.4 Å². The Morgan fingerprint density at radius 3 is 2.42 bits per heavy atom. The fourth-order valence-electron chi connectivity index (χ4n) is 4.56. The fraction of sp³-hybridized carbons (Fsp3) is 0.500. The number of aryl methyl sites for hydroxylation is 1. The number of carbonyl (C=O) groups is 1. The van der Waals surface area contributed by atoms with Crippen molar-refractivity contribution >= 4 is 40.5 Å². The van der Waals surface area contributed by atoms with Crippen molar-refractivity contribution in [2.45, 2.75) is 65.2 Å². The zero-order chi connectivity index (χ0) is 28.2. The first-order valence-corrected chi connectivity index (χ1v) is 12.9. The number of likely N-dealkylation sites (tertiary alicyclic amines) is 1. The summed E-state index contributed by atoms with van der Waals surface area (Å²) < 4.78 is 13.8. The van der Waals surface area contributed by atoms with Gasteiger partial charge in [-0.3, -0.25) is 23.7 Å². The van der Waals surface area contributed by atoms with Gasteiger partial charge in [0.15, 0.2) is 5.65 Å². The first kappa shape index (κ1) is 28.1. The van der Waals surface area contributed by atoms with Gasteiger partial charge in [-0.15, -0.1) is 0 Å². The highest BCUT2D eigenvalue weighted by Gasteiger charge is 2.48. The molecule has 1 aliphatic rings. The highest BCUT2D eigenvalue weighted by atomic mass is 35.5. The standard InChI is InChI=1S/C26H31Cl2N5O5/c1-14(2)18-19(15(3)8-9-29-18)33-21-17(10-16(27)20(28)30-21)32(22(34)23(33)35)13-26(37-7)11-31(12-26)24(36)38-25(4,5)6/h8-10,14H,11-13H2,1-7H3. The highest BCUT2D eigenvalue weighted by Crippen LogP contribution is 2.32. The van der Waals surface area contributed by atoms with E-state index in [0.29, 0.717) is 16.9 Å². The largest absolute Gasteiger partial charge is 0.444 e. The SMILES string of the molecule is COC1(Cn2c(=O)c(=O)n(-c3c(C)ccnc3C(C)C)c3nc(Cl)c(Cl)cc32)CN(C(=O)OC(C)(C)C)C1. The Morgan fingerprint density at radius 1 is 1.18 bits per heavy atom. The van der Waals surface area contributed by atoms with Crippen LogP contribution in [-0.4, -0.2) is 61.5 Å². The quantitative estimate of drug-likeness (QED) is 0.336. The lowest BCUT2D eigenvalue weighted by molar-refractivity contribution is -0.129. The molecule has 0 saturated carbocycles. The van der Waals surface area contributed by atoms with Crippen LogP contribution in [0, 0.1) is 6.92 Å². The van der Waals surface area contributed by atoms with Crippen molar-refractivity contribution in [2.24, 2.45) is 0 Å². The van der Waals surface area contributed by atoms with Gasteiger partial charge in [0, 0.05) is 13.3 Å². The number of fused-ring (bicyclic) bond motifs is 1. The van der Waals surface area contributed by atoms with Crippen LogP contribution >= 0.6 is 23.2 Å². The second-order valence-electron chi connectivity index (χ2n) is 10.9. The molecule has 0 spiro atoms. The zero-order valence-corrected chi connectivity index (χ0v) is 24.0. The fourth-order valence-corrected chi connectivity index (χ4v) is 4.84. The van der Waals surface area contributed by atoms with Gasteiger partial charge in [-0.1, -0.05) is 37.0 Å². The molecule has 1 amide bonds. The van der Waals surface area contributed by atoms with E-state index in [4.69, 9.17) is 32.7 Å². The number of aromatic nitrogens is 4. The highest BCUT2D eigenvalue weighted by molar-refractivity contribution is 6.41. The maximum atomic E-state index is 13.7. The zero-order valence-electron chi connectivity index (χ0n) is 22.5. The third-order valence-corrected chi connectivity index (χ3v) is 7.11. The van der Waals surface area contributed by atoms with E-state index in [2.05, 4.69) is 9.97 Å². The Labute approximate surface area is 230 Å². The van der Waals surface area contributed by atoms with Gasteiger partial charge in [-0.05, 0) is 51.3 Å². The van der Waals surface area contributed by atoms with Gasteiger partial charge in [0.2, 0.25) is 0 Å². The summed E-state index contributed by atoms with van der Waals surface area (Å²) in [5.74, 6) is -0.0392. The maximum Gasteiger partial charge on any atom is 0.410 e. The van der Waals surface area contributed by atoms with Crippen LogP contribution in [0.5, 0.6) is 0 Å². The number of hydrogen-bond acceptors (Lipinski definition) is 7. The number of halogens is 2. The lowest BCUT2D eigenvalue weighted by Crippen LogP contribution is -2.67. The minimum atomic E-state index is -0.925. The Bertz CT molecular complexity index is 1530. The first-order chi connectivity index (χ1) is 17.7. The molecule has 4 heterocycles. The van der Waals surface area contributed by atoms with Crippen LogP contribution in [0.4, 0.5) is 4.79 Å². The molecule has 1 aliphatic heterocycles. The minimum Gasteiger partial charge on any atom is -0.444 e. The van der Waals surface area contributed by atoms with E-state index in [-0.39, 0.29) is 41.4 Å². The van der Waals surface area contributed by atoms with Crippen LogP contribution in [-0.2, 0) is 16.0 Å². The van der Waals surface area contributed by atoms with Crippen molar-refractivity contribution in [2.75, 3.05) is 20.2 Å². The predicted molar refractivity (Wildman–Crippen MR) is 146 cm³/mol. The molecular formula is C26H31Cl2N5O5. The summed E-state index contributed by atoms with van der Waals surface area (Å²) in [6, 6.07) is 3.28. The third kappa shape index (κ3) is 5.04. The minimum absolute atomic E-state index is 0.00800. The normalized spacial score (nSPS) is 15.2. The number of carbonyl (C=O) groups excluding carboxylic acids is 1. The second-order valence-corrected chi connectivity index (χ2v) is 11.6. The molecule has 12 heteroatoms. The Hall–Kier alpha value is -2.95. The van der Waals surface area contributed by atoms with Crippen LogP contribution < -0.4 is 11.1 Å². The summed E-state index contributed by atoms with van der Waals surface area (Å²) in [6.45, 7) is 11.4. The molecule has 38 heavy (non-hydrogen) atoms. The Balaban J connectivity index is 1.88. The summed E-state index contributed by atoms with van der Waals surface area (Å²) in [6.07, 6.45) is 1.18.